The van der Waals surface area contributed by atoms with Gasteiger partial charge in [0.1, 0.15) is 5.69 Å². The van der Waals surface area contributed by atoms with E-state index in [0.29, 0.717) is 5.69 Å². The third-order valence-electron chi connectivity index (χ3n) is 3.96. The minimum Gasteiger partial charge on any atom is -0.466 e. The summed E-state index contributed by atoms with van der Waals surface area (Å²) in [6, 6.07) is 2.32. The van der Waals surface area contributed by atoms with Crippen molar-refractivity contribution in [2.45, 2.75) is 32.5 Å². The van der Waals surface area contributed by atoms with E-state index >= 15 is 0 Å². The number of hydrogen-bond acceptors (Lipinski definition) is 6. The first kappa shape index (κ1) is 21.4. The molecule has 1 aliphatic rings. The van der Waals surface area contributed by atoms with E-state index in [-0.39, 0.29) is 35.6 Å². The molecule has 2 amide bonds. The summed E-state index contributed by atoms with van der Waals surface area (Å²) in [5.41, 5.74) is 0.653. The smallest absolute Gasteiger partial charge is 0.422 e. The summed E-state index contributed by atoms with van der Waals surface area (Å²) >= 11 is 0. The van der Waals surface area contributed by atoms with E-state index in [1.807, 2.05) is 0 Å². The molecule has 0 aromatic carbocycles. The van der Waals surface area contributed by atoms with Gasteiger partial charge >= 0.3 is 6.18 Å². The van der Waals surface area contributed by atoms with Gasteiger partial charge in [-0.25, -0.2) is 19.3 Å². The number of aromatic nitrogens is 3. The lowest BCUT2D eigenvalue weighted by Crippen LogP contribution is -2.25. The van der Waals surface area contributed by atoms with E-state index in [2.05, 4.69) is 30.3 Å². The molecule has 0 aliphatic heterocycles. The van der Waals surface area contributed by atoms with Gasteiger partial charge in [-0.2, -0.15) is 13.2 Å². The molecule has 0 bridgehead atoms. The fraction of sp³-hybridized carbons (Fsp3) is 0.389. The minimum atomic E-state index is -4.62. The van der Waals surface area contributed by atoms with Gasteiger partial charge in [0.25, 0.3) is 11.8 Å². The van der Waals surface area contributed by atoms with E-state index < -0.39 is 30.4 Å². The van der Waals surface area contributed by atoms with Crippen molar-refractivity contribution in [3.05, 3.63) is 41.1 Å². The van der Waals surface area contributed by atoms with E-state index in [0.717, 1.165) is 25.1 Å². The van der Waals surface area contributed by atoms with Crippen molar-refractivity contribution in [2.75, 3.05) is 11.9 Å². The highest BCUT2D eigenvalue weighted by atomic mass is 19.4. The SMILES string of the molecule is Cc1cc(C(=O)NCc2cnc(OCC(F)(F)F)c(F)c2)nc(NC(=O)C2CC2)n1. The number of rotatable bonds is 7. The molecule has 0 saturated heterocycles. The van der Waals surface area contributed by atoms with Crippen molar-refractivity contribution in [2.24, 2.45) is 5.92 Å². The standard InChI is InChI=1S/C18H17F4N5O3/c1-9-4-13(26-17(25-9)27-14(28)11-2-3-11)15(29)23-6-10-5-12(19)16(24-7-10)30-8-18(20,21)22/h4-5,7,11H,2-3,6,8H2,1H3,(H,23,29)(H,25,26,27,28). The maximum absolute atomic E-state index is 13.8. The highest BCUT2D eigenvalue weighted by Gasteiger charge is 2.30. The number of carbonyl (C=O) groups excluding carboxylic acids is 2. The van der Waals surface area contributed by atoms with Crippen LogP contribution in [0.2, 0.25) is 0 Å². The van der Waals surface area contributed by atoms with Gasteiger partial charge in [0.15, 0.2) is 12.4 Å². The van der Waals surface area contributed by atoms with Crippen molar-refractivity contribution < 1.29 is 31.9 Å². The van der Waals surface area contributed by atoms with Crippen LogP contribution in [0.15, 0.2) is 18.3 Å². The van der Waals surface area contributed by atoms with Gasteiger partial charge in [-0.15, -0.1) is 0 Å². The zero-order chi connectivity index (χ0) is 21.9. The molecular formula is C18H17F4N5O3. The van der Waals surface area contributed by atoms with E-state index in [4.69, 9.17) is 0 Å². The number of nitrogens with zero attached hydrogens (tertiary/aromatic N) is 3. The first-order valence-corrected chi connectivity index (χ1v) is 8.89. The fourth-order valence-corrected chi connectivity index (χ4v) is 2.39. The van der Waals surface area contributed by atoms with Gasteiger partial charge in [0, 0.05) is 24.4 Å². The molecule has 0 atom stereocenters. The molecule has 0 unspecified atom stereocenters. The van der Waals surface area contributed by atoms with Crippen LogP contribution in [-0.2, 0) is 11.3 Å². The van der Waals surface area contributed by atoms with Crippen molar-refractivity contribution in [3.8, 4) is 5.88 Å². The Bertz CT molecular complexity index is 963. The Hall–Kier alpha value is -3.31. The van der Waals surface area contributed by atoms with Crippen LogP contribution in [0.25, 0.3) is 0 Å². The average Bonchev–Trinajstić information content (AvgIpc) is 3.49. The van der Waals surface area contributed by atoms with Crippen molar-refractivity contribution in [1.82, 2.24) is 20.3 Å². The number of amides is 2. The molecule has 2 N–H and O–H groups in total. The van der Waals surface area contributed by atoms with Gasteiger partial charge < -0.3 is 10.1 Å². The first-order valence-electron chi connectivity index (χ1n) is 8.89. The Morgan fingerprint density at radius 2 is 1.97 bits per heavy atom. The van der Waals surface area contributed by atoms with E-state index in [9.17, 15) is 27.2 Å². The monoisotopic (exact) mass is 427 g/mol. The molecule has 1 saturated carbocycles. The number of nitrogens with one attached hydrogen (secondary N) is 2. The van der Waals surface area contributed by atoms with Crippen LogP contribution in [0.1, 0.15) is 34.6 Å². The van der Waals surface area contributed by atoms with Crippen LogP contribution < -0.4 is 15.4 Å². The molecule has 30 heavy (non-hydrogen) atoms. The zero-order valence-corrected chi connectivity index (χ0v) is 15.7. The van der Waals surface area contributed by atoms with Crippen LogP contribution in [0, 0.1) is 18.7 Å². The van der Waals surface area contributed by atoms with Crippen LogP contribution in [0.3, 0.4) is 0 Å². The number of aryl methyl sites for hydroxylation is 1. The quantitative estimate of drug-likeness (QED) is 0.658. The van der Waals surface area contributed by atoms with Crippen molar-refractivity contribution in [1.29, 1.82) is 0 Å². The number of anilines is 1. The largest absolute Gasteiger partial charge is 0.466 e. The van der Waals surface area contributed by atoms with E-state index in [1.165, 1.54) is 6.07 Å². The van der Waals surface area contributed by atoms with Crippen molar-refractivity contribution in [3.63, 3.8) is 0 Å². The third-order valence-corrected chi connectivity index (χ3v) is 3.96. The zero-order valence-electron chi connectivity index (χ0n) is 15.7. The lowest BCUT2D eigenvalue weighted by atomic mass is 10.2. The van der Waals surface area contributed by atoms with Crippen LogP contribution in [0.5, 0.6) is 5.88 Å². The third kappa shape index (κ3) is 6.09. The second-order valence-electron chi connectivity index (χ2n) is 6.70. The van der Waals surface area contributed by atoms with Gasteiger partial charge in [-0.3, -0.25) is 14.9 Å². The molecule has 8 nitrogen and oxygen atoms in total. The Morgan fingerprint density at radius 3 is 2.60 bits per heavy atom. The van der Waals surface area contributed by atoms with Crippen molar-refractivity contribution >= 4 is 17.8 Å². The molecule has 160 valence electrons. The minimum absolute atomic E-state index is 0.00726. The highest BCUT2D eigenvalue weighted by Crippen LogP contribution is 2.29. The second kappa shape index (κ2) is 8.59. The molecular weight excluding hydrogens is 410 g/mol. The predicted molar refractivity (Wildman–Crippen MR) is 95.0 cm³/mol. The topological polar surface area (TPSA) is 106 Å². The number of alkyl halides is 3. The summed E-state index contributed by atoms with van der Waals surface area (Å²) in [6.45, 7) is -0.195. The average molecular weight is 427 g/mol. The number of ether oxygens (including phenoxy) is 1. The van der Waals surface area contributed by atoms with Crippen LogP contribution in [-0.4, -0.2) is 39.5 Å². The Morgan fingerprint density at radius 1 is 1.23 bits per heavy atom. The molecule has 1 aliphatic carbocycles. The van der Waals surface area contributed by atoms with E-state index in [1.54, 1.807) is 6.92 Å². The van der Waals surface area contributed by atoms with Gasteiger partial charge in [-0.05, 0) is 37.5 Å². The Balaban J connectivity index is 1.60. The summed E-state index contributed by atoms with van der Waals surface area (Å²) in [7, 11) is 0. The summed E-state index contributed by atoms with van der Waals surface area (Å²) in [6.07, 6.45) is -1.93. The maximum Gasteiger partial charge on any atom is 0.422 e. The van der Waals surface area contributed by atoms with Gasteiger partial charge in [0.2, 0.25) is 11.9 Å². The summed E-state index contributed by atoms with van der Waals surface area (Å²) in [4.78, 5) is 35.7. The maximum atomic E-state index is 13.8. The molecule has 2 aromatic rings. The lowest BCUT2D eigenvalue weighted by Gasteiger charge is -2.10. The molecule has 3 rings (SSSR count). The number of halogens is 4. The summed E-state index contributed by atoms with van der Waals surface area (Å²) in [5, 5.41) is 5.05. The highest BCUT2D eigenvalue weighted by molar-refractivity contribution is 5.95. The molecule has 0 spiro atoms. The van der Waals surface area contributed by atoms with Gasteiger partial charge in [0.05, 0.1) is 0 Å². The molecule has 1 fully saturated rings. The Kier molecular flexibility index (Phi) is 6.13. The number of pyridine rings is 1. The normalized spacial score (nSPS) is 13.6. The molecule has 12 heteroatoms. The predicted octanol–water partition coefficient (Wildman–Crippen LogP) is 2.54. The lowest BCUT2D eigenvalue weighted by molar-refractivity contribution is -0.154. The molecule has 2 aromatic heterocycles. The Labute approximate surface area is 168 Å². The van der Waals surface area contributed by atoms with Gasteiger partial charge in [-0.1, -0.05) is 0 Å². The fourth-order valence-electron chi connectivity index (χ4n) is 2.39. The van der Waals surface area contributed by atoms with Crippen LogP contribution in [0.4, 0.5) is 23.5 Å². The summed E-state index contributed by atoms with van der Waals surface area (Å²) in [5.74, 6) is -2.74. The van der Waals surface area contributed by atoms with Crippen LogP contribution >= 0.6 is 0 Å². The second-order valence-corrected chi connectivity index (χ2v) is 6.70. The number of hydrogen-bond donors (Lipinski definition) is 2. The summed E-state index contributed by atoms with van der Waals surface area (Å²) < 4.78 is 54.5. The number of carbonyl (C=O) groups is 2. The molecule has 2 heterocycles. The molecule has 0 radical (unpaired) electrons. The first-order chi connectivity index (χ1) is 14.1.